The molecular weight excluding hydrogens is 352 g/mol. The molecule has 3 aromatic rings. The number of nitrogens with zero attached hydrogens (tertiary/aromatic N) is 5. The fraction of sp³-hybridized carbons (Fsp3) is 0.188. The Labute approximate surface area is 152 Å². The van der Waals surface area contributed by atoms with Crippen LogP contribution in [0.5, 0.6) is 0 Å². The van der Waals surface area contributed by atoms with E-state index in [4.69, 9.17) is 0 Å². The van der Waals surface area contributed by atoms with Crippen LogP contribution in [-0.2, 0) is 13.5 Å². The highest BCUT2D eigenvalue weighted by Gasteiger charge is 2.14. The molecule has 2 heterocycles. The van der Waals surface area contributed by atoms with Crippen molar-refractivity contribution in [3.8, 4) is 0 Å². The van der Waals surface area contributed by atoms with Crippen molar-refractivity contribution in [1.82, 2.24) is 19.7 Å². The minimum Gasteiger partial charge on any atom is -0.314 e. The van der Waals surface area contributed by atoms with Crippen LogP contribution >= 0.6 is 24.8 Å². The molecule has 0 aliphatic heterocycles. The fourth-order valence-electron chi connectivity index (χ4n) is 2.24. The van der Waals surface area contributed by atoms with Crippen molar-refractivity contribution in [2.75, 3.05) is 11.9 Å². The van der Waals surface area contributed by atoms with Crippen molar-refractivity contribution in [1.29, 1.82) is 0 Å². The van der Waals surface area contributed by atoms with Crippen molar-refractivity contribution in [2.45, 2.75) is 6.42 Å². The fourth-order valence-corrected chi connectivity index (χ4v) is 2.24. The Morgan fingerprint density at radius 3 is 2.38 bits per heavy atom. The van der Waals surface area contributed by atoms with E-state index in [1.807, 2.05) is 41.8 Å². The lowest BCUT2D eigenvalue weighted by molar-refractivity contribution is 0.628. The average molecular weight is 370 g/mol. The van der Waals surface area contributed by atoms with E-state index in [1.54, 1.807) is 18.3 Å². The van der Waals surface area contributed by atoms with Gasteiger partial charge < -0.3 is 4.90 Å². The molecule has 3 rings (SSSR count). The summed E-state index contributed by atoms with van der Waals surface area (Å²) in [6.07, 6.45) is 2.37. The maximum absolute atomic E-state index is 13.0. The van der Waals surface area contributed by atoms with E-state index < -0.39 is 0 Å². The van der Waals surface area contributed by atoms with Crippen LogP contribution in [-0.4, -0.2) is 26.8 Å². The molecule has 0 bridgehead atoms. The van der Waals surface area contributed by atoms with Crippen molar-refractivity contribution in [2.24, 2.45) is 7.05 Å². The third-order valence-corrected chi connectivity index (χ3v) is 3.52. The van der Waals surface area contributed by atoms with E-state index in [0.717, 1.165) is 17.2 Å². The van der Waals surface area contributed by atoms with Crippen molar-refractivity contribution in [3.05, 3.63) is 66.0 Å². The number of pyridine rings is 1. The molecule has 128 valence electrons. The quantitative estimate of drug-likeness (QED) is 0.705. The molecule has 0 unspecified atom stereocenters. The lowest BCUT2D eigenvalue weighted by Crippen LogP contribution is -2.15. The number of hydrogen-bond donors (Lipinski definition) is 0. The van der Waals surface area contributed by atoms with Crippen LogP contribution in [0.4, 0.5) is 16.0 Å². The van der Waals surface area contributed by atoms with Crippen LogP contribution in [0.2, 0.25) is 0 Å². The highest BCUT2D eigenvalue weighted by Crippen LogP contribution is 2.22. The summed E-state index contributed by atoms with van der Waals surface area (Å²) in [5, 5.41) is 8.46. The van der Waals surface area contributed by atoms with Gasteiger partial charge in [0.15, 0.2) is 0 Å². The zero-order valence-corrected chi connectivity index (χ0v) is 14.9. The number of aromatic nitrogens is 4. The largest absolute Gasteiger partial charge is 0.314 e. The van der Waals surface area contributed by atoms with Gasteiger partial charge in [0.1, 0.15) is 11.6 Å². The van der Waals surface area contributed by atoms with E-state index in [1.165, 1.54) is 12.1 Å². The molecule has 0 atom stereocenters. The average Bonchev–Trinajstić information content (AvgIpc) is 2.89. The Morgan fingerprint density at radius 2 is 1.75 bits per heavy atom. The first-order valence-electron chi connectivity index (χ1n) is 6.92. The van der Waals surface area contributed by atoms with Gasteiger partial charge in [0, 0.05) is 31.7 Å². The third-order valence-electron chi connectivity index (χ3n) is 3.52. The molecule has 0 saturated heterocycles. The van der Waals surface area contributed by atoms with E-state index in [-0.39, 0.29) is 30.6 Å². The van der Waals surface area contributed by atoms with Crippen LogP contribution in [0.25, 0.3) is 0 Å². The molecule has 0 saturated carbocycles. The van der Waals surface area contributed by atoms with Gasteiger partial charge in [0.25, 0.3) is 0 Å². The minimum absolute atomic E-state index is 0. The molecule has 0 aliphatic carbocycles. The van der Waals surface area contributed by atoms with Crippen LogP contribution < -0.4 is 4.90 Å². The van der Waals surface area contributed by atoms with Crippen LogP contribution in [0.3, 0.4) is 0 Å². The molecular formula is C16H18Cl2FN5. The van der Waals surface area contributed by atoms with Crippen molar-refractivity contribution < 1.29 is 4.39 Å². The van der Waals surface area contributed by atoms with Crippen molar-refractivity contribution in [3.63, 3.8) is 0 Å². The van der Waals surface area contributed by atoms with Gasteiger partial charge in [-0.1, -0.05) is 6.07 Å². The second-order valence-electron chi connectivity index (χ2n) is 5.01. The number of anilines is 2. The SMILES string of the molecule is CN(c1ccc(F)cc1)c1nnc(Cc2ccccn2)n1C.Cl.Cl. The predicted octanol–water partition coefficient (Wildman–Crippen LogP) is 3.55. The molecule has 24 heavy (non-hydrogen) atoms. The first-order valence-corrected chi connectivity index (χ1v) is 6.92. The maximum Gasteiger partial charge on any atom is 0.231 e. The zero-order chi connectivity index (χ0) is 15.5. The highest BCUT2D eigenvalue weighted by atomic mass is 35.5. The van der Waals surface area contributed by atoms with Gasteiger partial charge >= 0.3 is 0 Å². The van der Waals surface area contributed by atoms with E-state index >= 15 is 0 Å². The zero-order valence-electron chi connectivity index (χ0n) is 13.3. The molecule has 5 nitrogen and oxygen atoms in total. The standard InChI is InChI=1S/C16H16FN5.2ClH/c1-21(14-8-6-12(17)7-9-14)16-20-19-15(22(16)2)11-13-5-3-4-10-18-13;;/h3-10H,11H2,1-2H3;2*1H. The lowest BCUT2D eigenvalue weighted by Gasteiger charge is -2.17. The Bertz CT molecular complexity index is 762. The van der Waals surface area contributed by atoms with Crippen molar-refractivity contribution >= 4 is 36.4 Å². The molecule has 2 aromatic heterocycles. The minimum atomic E-state index is -0.258. The van der Waals surface area contributed by atoms with Crippen LogP contribution in [0, 0.1) is 5.82 Å². The normalized spacial score (nSPS) is 9.79. The van der Waals surface area contributed by atoms with Gasteiger partial charge in [-0.05, 0) is 36.4 Å². The van der Waals surface area contributed by atoms with E-state index in [9.17, 15) is 4.39 Å². The van der Waals surface area contributed by atoms with Gasteiger partial charge in [-0.15, -0.1) is 35.0 Å². The molecule has 0 radical (unpaired) electrons. The molecule has 0 fully saturated rings. The maximum atomic E-state index is 13.0. The third kappa shape index (κ3) is 4.21. The number of halogens is 3. The Morgan fingerprint density at radius 1 is 1.04 bits per heavy atom. The molecule has 0 amide bonds. The first-order chi connectivity index (χ1) is 10.6. The molecule has 0 spiro atoms. The van der Waals surface area contributed by atoms with Crippen LogP contribution in [0.1, 0.15) is 11.5 Å². The molecule has 1 aromatic carbocycles. The highest BCUT2D eigenvalue weighted by molar-refractivity contribution is 5.85. The van der Waals surface area contributed by atoms with Crippen LogP contribution in [0.15, 0.2) is 48.7 Å². The predicted molar refractivity (Wildman–Crippen MR) is 97.0 cm³/mol. The summed E-state index contributed by atoms with van der Waals surface area (Å²) in [6.45, 7) is 0. The Kier molecular flexibility index (Phi) is 7.13. The van der Waals surface area contributed by atoms with Gasteiger partial charge in [-0.2, -0.15) is 0 Å². The number of benzene rings is 1. The Hall–Kier alpha value is -2.18. The summed E-state index contributed by atoms with van der Waals surface area (Å²) in [4.78, 5) is 6.17. The summed E-state index contributed by atoms with van der Waals surface area (Å²) in [5.74, 6) is 1.26. The molecule has 0 aliphatic rings. The summed E-state index contributed by atoms with van der Waals surface area (Å²) < 4.78 is 14.9. The topological polar surface area (TPSA) is 46.8 Å². The second kappa shape index (κ2) is 8.61. The Balaban J connectivity index is 0.00000144. The summed E-state index contributed by atoms with van der Waals surface area (Å²) in [7, 11) is 3.79. The number of rotatable bonds is 4. The smallest absolute Gasteiger partial charge is 0.231 e. The van der Waals surface area contributed by atoms with Gasteiger partial charge in [0.2, 0.25) is 5.95 Å². The molecule has 8 heteroatoms. The summed E-state index contributed by atoms with van der Waals surface area (Å²) in [6, 6.07) is 12.1. The monoisotopic (exact) mass is 369 g/mol. The second-order valence-corrected chi connectivity index (χ2v) is 5.01. The summed E-state index contributed by atoms with van der Waals surface area (Å²) in [5.41, 5.74) is 1.79. The van der Waals surface area contributed by atoms with Gasteiger partial charge in [-0.25, -0.2) is 4.39 Å². The van der Waals surface area contributed by atoms with Gasteiger partial charge in [-0.3, -0.25) is 9.55 Å². The van der Waals surface area contributed by atoms with E-state index in [0.29, 0.717) is 12.4 Å². The van der Waals surface area contributed by atoms with E-state index in [2.05, 4.69) is 15.2 Å². The van der Waals surface area contributed by atoms with Gasteiger partial charge in [0.05, 0.1) is 6.42 Å². The summed E-state index contributed by atoms with van der Waals surface area (Å²) >= 11 is 0. The number of hydrogen-bond acceptors (Lipinski definition) is 4. The molecule has 0 N–H and O–H groups in total. The lowest BCUT2D eigenvalue weighted by atomic mass is 10.2. The first kappa shape index (κ1) is 19.9.